The zero-order valence-corrected chi connectivity index (χ0v) is 16.0. The van der Waals surface area contributed by atoms with Crippen LogP contribution in [0.5, 0.6) is 0 Å². The first-order valence-electron chi connectivity index (χ1n) is 8.75. The van der Waals surface area contributed by atoms with Crippen LogP contribution >= 0.6 is 0 Å². The van der Waals surface area contributed by atoms with Crippen LogP contribution in [0.4, 0.5) is 10.3 Å². The summed E-state index contributed by atoms with van der Waals surface area (Å²) in [5, 5.41) is 2.74. The highest BCUT2D eigenvalue weighted by atomic mass is 32.2. The number of benzene rings is 2. The van der Waals surface area contributed by atoms with Gasteiger partial charge in [-0.15, -0.1) is 0 Å². The van der Waals surface area contributed by atoms with Crippen LogP contribution in [0.15, 0.2) is 62.9 Å². The molecule has 0 atom stereocenters. The summed E-state index contributed by atoms with van der Waals surface area (Å²) in [6.07, 6.45) is 1.76. The van der Waals surface area contributed by atoms with Crippen LogP contribution in [0.2, 0.25) is 0 Å². The smallest absolute Gasteiger partial charge is 0.233 e. The number of unbranched alkanes of at least 4 members (excludes halogenated alkanes) is 1. The lowest BCUT2D eigenvalue weighted by Gasteiger charge is -2.05. The number of nitrogens with one attached hydrogen (secondary N) is 1. The van der Waals surface area contributed by atoms with Gasteiger partial charge in [-0.1, -0.05) is 43.2 Å². The Morgan fingerprint density at radius 1 is 1.11 bits per heavy atom. The van der Waals surface area contributed by atoms with Crippen molar-refractivity contribution < 1.29 is 17.2 Å². The monoisotopic (exact) mass is 388 g/mol. The SMILES string of the molecule is CCCCNc1oc(-c2ccccc2F)nc1S(=O)(=O)c1ccc(C)cc1. The molecule has 5 nitrogen and oxygen atoms in total. The van der Waals surface area contributed by atoms with Crippen molar-refractivity contribution in [3.05, 3.63) is 59.9 Å². The first-order chi connectivity index (χ1) is 12.9. The van der Waals surface area contributed by atoms with Crippen LogP contribution in [0.25, 0.3) is 11.5 Å². The van der Waals surface area contributed by atoms with E-state index >= 15 is 0 Å². The van der Waals surface area contributed by atoms with Crippen LogP contribution in [-0.4, -0.2) is 19.9 Å². The zero-order valence-electron chi connectivity index (χ0n) is 15.2. The molecular weight excluding hydrogens is 367 g/mol. The molecule has 0 fully saturated rings. The van der Waals surface area contributed by atoms with Gasteiger partial charge in [0.05, 0.1) is 10.5 Å². The van der Waals surface area contributed by atoms with Gasteiger partial charge in [-0.3, -0.25) is 0 Å². The molecule has 0 bridgehead atoms. The average molecular weight is 388 g/mol. The third-order valence-corrected chi connectivity index (χ3v) is 5.78. The van der Waals surface area contributed by atoms with E-state index in [1.54, 1.807) is 24.3 Å². The summed E-state index contributed by atoms with van der Waals surface area (Å²) in [4.78, 5) is 4.24. The molecule has 1 aromatic heterocycles. The molecule has 1 N–H and O–H groups in total. The number of nitrogens with zero attached hydrogens (tertiary/aromatic N) is 1. The fourth-order valence-corrected chi connectivity index (χ4v) is 3.84. The predicted octanol–water partition coefficient (Wildman–Crippen LogP) is 4.83. The lowest BCUT2D eigenvalue weighted by molar-refractivity contribution is 0.566. The van der Waals surface area contributed by atoms with E-state index < -0.39 is 15.7 Å². The summed E-state index contributed by atoms with van der Waals surface area (Å²) >= 11 is 0. The second-order valence-corrected chi connectivity index (χ2v) is 8.09. The molecule has 0 saturated heterocycles. The summed E-state index contributed by atoms with van der Waals surface area (Å²) < 4.78 is 45.9. The second kappa shape index (κ2) is 7.92. The number of aryl methyl sites for hydroxylation is 1. The van der Waals surface area contributed by atoms with Gasteiger partial charge in [0.25, 0.3) is 0 Å². The molecular formula is C20H21FN2O3S. The third-order valence-electron chi connectivity index (χ3n) is 4.10. The highest BCUT2D eigenvalue weighted by Crippen LogP contribution is 2.33. The van der Waals surface area contributed by atoms with E-state index in [1.807, 2.05) is 13.8 Å². The lowest BCUT2D eigenvalue weighted by atomic mass is 10.2. The third kappa shape index (κ3) is 4.03. The maximum Gasteiger partial charge on any atom is 0.233 e. The van der Waals surface area contributed by atoms with Crippen molar-refractivity contribution in [2.75, 3.05) is 11.9 Å². The number of oxazole rings is 1. The molecule has 0 unspecified atom stereocenters. The maximum atomic E-state index is 14.1. The van der Waals surface area contributed by atoms with Crippen molar-refractivity contribution in [2.24, 2.45) is 0 Å². The minimum atomic E-state index is -3.91. The Morgan fingerprint density at radius 2 is 1.81 bits per heavy atom. The average Bonchev–Trinajstić information content (AvgIpc) is 3.07. The van der Waals surface area contributed by atoms with Crippen LogP contribution < -0.4 is 5.32 Å². The fraction of sp³-hybridized carbons (Fsp3) is 0.250. The first-order valence-corrected chi connectivity index (χ1v) is 10.2. The van der Waals surface area contributed by atoms with Crippen molar-refractivity contribution in [3.8, 4) is 11.5 Å². The maximum absolute atomic E-state index is 14.1. The summed E-state index contributed by atoms with van der Waals surface area (Å²) in [6.45, 7) is 4.43. The lowest BCUT2D eigenvalue weighted by Crippen LogP contribution is -2.08. The van der Waals surface area contributed by atoms with Crippen molar-refractivity contribution in [3.63, 3.8) is 0 Å². The summed E-state index contributed by atoms with van der Waals surface area (Å²) in [7, 11) is -3.91. The molecule has 27 heavy (non-hydrogen) atoms. The van der Waals surface area contributed by atoms with E-state index in [0.29, 0.717) is 6.54 Å². The molecule has 0 aliphatic carbocycles. The van der Waals surface area contributed by atoms with Gasteiger partial charge in [0.1, 0.15) is 5.82 Å². The normalized spacial score (nSPS) is 11.5. The number of hydrogen-bond donors (Lipinski definition) is 1. The number of anilines is 1. The molecule has 1 heterocycles. The Labute approximate surface area is 158 Å². The fourth-order valence-electron chi connectivity index (χ4n) is 2.56. The second-order valence-electron chi connectivity index (χ2n) is 6.23. The van der Waals surface area contributed by atoms with Crippen molar-refractivity contribution in [1.82, 2.24) is 4.98 Å². The molecule has 3 aromatic rings. The Kier molecular flexibility index (Phi) is 5.60. The van der Waals surface area contributed by atoms with E-state index in [2.05, 4.69) is 10.3 Å². The minimum absolute atomic E-state index is 0.0299. The molecule has 0 spiro atoms. The molecule has 142 valence electrons. The summed E-state index contributed by atoms with van der Waals surface area (Å²) in [5.41, 5.74) is 1.06. The molecule has 2 aromatic carbocycles. The number of aromatic nitrogens is 1. The van der Waals surface area contributed by atoms with Crippen LogP contribution in [-0.2, 0) is 9.84 Å². The van der Waals surface area contributed by atoms with E-state index in [4.69, 9.17) is 4.42 Å². The van der Waals surface area contributed by atoms with Crippen molar-refractivity contribution in [1.29, 1.82) is 0 Å². The molecule has 0 radical (unpaired) electrons. The Hall–Kier alpha value is -2.67. The molecule has 0 saturated carbocycles. The topological polar surface area (TPSA) is 72.2 Å². The van der Waals surface area contributed by atoms with Crippen molar-refractivity contribution in [2.45, 2.75) is 36.6 Å². The number of rotatable bonds is 7. The van der Waals surface area contributed by atoms with E-state index in [9.17, 15) is 12.8 Å². The number of sulfone groups is 1. The van der Waals surface area contributed by atoms with Crippen LogP contribution in [0, 0.1) is 12.7 Å². The molecule has 7 heteroatoms. The van der Waals surface area contributed by atoms with Crippen LogP contribution in [0.1, 0.15) is 25.3 Å². The van der Waals surface area contributed by atoms with Crippen LogP contribution in [0.3, 0.4) is 0 Å². The molecule has 0 aliphatic rings. The molecule has 0 amide bonds. The van der Waals surface area contributed by atoms with Crippen molar-refractivity contribution >= 4 is 15.7 Å². The first kappa shape index (κ1) is 19.1. The Bertz CT molecular complexity index is 1030. The quantitative estimate of drug-likeness (QED) is 0.587. The summed E-state index contributed by atoms with van der Waals surface area (Å²) in [5.74, 6) is -0.571. The molecule has 0 aliphatic heterocycles. The van der Waals surface area contributed by atoms with E-state index in [-0.39, 0.29) is 27.3 Å². The van der Waals surface area contributed by atoms with Gasteiger partial charge in [-0.25, -0.2) is 12.8 Å². The largest absolute Gasteiger partial charge is 0.419 e. The highest BCUT2D eigenvalue weighted by molar-refractivity contribution is 7.91. The van der Waals surface area contributed by atoms with Gasteiger partial charge in [-0.2, -0.15) is 4.98 Å². The predicted molar refractivity (Wildman–Crippen MR) is 102 cm³/mol. The van der Waals surface area contributed by atoms with Gasteiger partial charge in [0.2, 0.25) is 26.6 Å². The van der Waals surface area contributed by atoms with Gasteiger partial charge < -0.3 is 9.73 Å². The number of hydrogen-bond acceptors (Lipinski definition) is 5. The van der Waals surface area contributed by atoms with Gasteiger partial charge >= 0.3 is 0 Å². The Morgan fingerprint density at radius 3 is 2.48 bits per heavy atom. The Balaban J connectivity index is 2.09. The zero-order chi connectivity index (χ0) is 19.4. The summed E-state index contributed by atoms with van der Waals surface area (Å²) in [6, 6.07) is 12.4. The van der Waals surface area contributed by atoms with Gasteiger partial charge in [-0.05, 0) is 37.6 Å². The number of halogens is 1. The standard InChI is InChI=1S/C20H21FN2O3S/c1-3-4-13-22-19-20(27(24,25)15-11-9-14(2)10-12-15)23-18(26-19)16-7-5-6-8-17(16)21/h5-12,22H,3-4,13H2,1-2H3. The van der Waals surface area contributed by atoms with Gasteiger partial charge in [0, 0.05) is 6.54 Å². The highest BCUT2D eigenvalue weighted by Gasteiger charge is 2.29. The van der Waals surface area contributed by atoms with Gasteiger partial charge in [0.15, 0.2) is 0 Å². The minimum Gasteiger partial charge on any atom is -0.419 e. The van der Waals surface area contributed by atoms with E-state index in [1.165, 1.54) is 24.3 Å². The molecule has 3 rings (SSSR count). The van der Waals surface area contributed by atoms with E-state index in [0.717, 1.165) is 18.4 Å².